The fourth-order valence-electron chi connectivity index (χ4n) is 5.37. The van der Waals surface area contributed by atoms with Crippen LogP contribution in [0.3, 0.4) is 0 Å². The standard InChI is InChI=1S/C31H33BrN2O5/c1-17(2)39-26-11-10-18(15-27(26)36-3)19-13-24-29(25(35)14-19)30(34-23-9-7-6-8-22(23)33-24)20-12-21(32)31(38-5)28(16-20)37-4/h6-12,15-17,19,30,33-34H,13-14H2,1-5H3. The second kappa shape index (κ2) is 11.2. The number of carbonyl (C=O) groups excluding carboxylic acids is 1. The second-order valence-corrected chi connectivity index (χ2v) is 10.8. The molecule has 2 N–H and O–H groups in total. The number of hydrogen-bond donors (Lipinski definition) is 2. The highest BCUT2D eigenvalue weighted by Gasteiger charge is 2.37. The van der Waals surface area contributed by atoms with Crippen molar-refractivity contribution in [1.29, 1.82) is 0 Å². The molecule has 1 heterocycles. The fourth-order valence-corrected chi connectivity index (χ4v) is 5.99. The van der Waals surface area contributed by atoms with Crippen molar-refractivity contribution < 1.29 is 23.7 Å². The number of nitrogens with one attached hydrogen (secondary N) is 2. The summed E-state index contributed by atoms with van der Waals surface area (Å²) < 4.78 is 23.4. The van der Waals surface area contributed by atoms with E-state index in [2.05, 4.69) is 26.6 Å². The molecule has 0 fully saturated rings. The van der Waals surface area contributed by atoms with Crippen LogP contribution in [0.4, 0.5) is 11.4 Å². The third-order valence-corrected chi connectivity index (χ3v) is 7.71. The number of anilines is 2. The lowest BCUT2D eigenvalue weighted by Crippen LogP contribution is -2.27. The largest absolute Gasteiger partial charge is 0.493 e. The molecule has 1 aliphatic heterocycles. The molecule has 2 atom stereocenters. The molecule has 0 amide bonds. The van der Waals surface area contributed by atoms with Gasteiger partial charge in [0.25, 0.3) is 0 Å². The molecule has 0 radical (unpaired) electrons. The van der Waals surface area contributed by atoms with Gasteiger partial charge in [-0.25, -0.2) is 0 Å². The van der Waals surface area contributed by atoms with Gasteiger partial charge in [-0.3, -0.25) is 4.79 Å². The first-order valence-electron chi connectivity index (χ1n) is 13.0. The molecular weight excluding hydrogens is 560 g/mol. The Morgan fingerprint density at radius 1 is 0.846 bits per heavy atom. The van der Waals surface area contributed by atoms with E-state index in [-0.39, 0.29) is 23.8 Å². The Morgan fingerprint density at radius 3 is 2.26 bits per heavy atom. The zero-order chi connectivity index (χ0) is 27.7. The Kier molecular flexibility index (Phi) is 7.75. The summed E-state index contributed by atoms with van der Waals surface area (Å²) in [4.78, 5) is 14.0. The van der Waals surface area contributed by atoms with Gasteiger partial charge in [-0.15, -0.1) is 0 Å². The van der Waals surface area contributed by atoms with Crippen LogP contribution >= 0.6 is 15.9 Å². The summed E-state index contributed by atoms with van der Waals surface area (Å²) in [6, 6.07) is 17.5. The van der Waals surface area contributed by atoms with Crippen LogP contribution in [0.2, 0.25) is 0 Å². The van der Waals surface area contributed by atoms with Gasteiger partial charge in [0.05, 0.1) is 49.3 Å². The Morgan fingerprint density at radius 2 is 1.56 bits per heavy atom. The SMILES string of the molecule is COc1cc(C2CC(=O)C3=C(C2)Nc2ccccc2NC3c2cc(Br)c(OC)c(OC)c2)ccc1OC(C)C. The van der Waals surface area contributed by atoms with Crippen molar-refractivity contribution >= 4 is 33.1 Å². The van der Waals surface area contributed by atoms with E-state index in [1.807, 2.05) is 68.4 Å². The molecule has 204 valence electrons. The average Bonchev–Trinajstić information content (AvgIpc) is 3.09. The summed E-state index contributed by atoms with van der Waals surface area (Å²) in [7, 11) is 4.85. The Hall–Kier alpha value is -3.65. The van der Waals surface area contributed by atoms with E-state index in [0.29, 0.717) is 35.8 Å². The third-order valence-electron chi connectivity index (χ3n) is 7.12. The number of carbonyl (C=O) groups is 1. The summed E-state index contributed by atoms with van der Waals surface area (Å²) in [5.74, 6) is 2.65. The lowest BCUT2D eigenvalue weighted by atomic mass is 9.78. The number of rotatable bonds is 7. The van der Waals surface area contributed by atoms with Crippen molar-refractivity contribution in [2.24, 2.45) is 0 Å². The minimum Gasteiger partial charge on any atom is -0.493 e. The predicted octanol–water partition coefficient (Wildman–Crippen LogP) is 7.24. The van der Waals surface area contributed by atoms with Gasteiger partial charge >= 0.3 is 0 Å². The Labute approximate surface area is 237 Å². The molecule has 5 rings (SSSR count). The minimum atomic E-state index is -0.378. The maximum atomic E-state index is 14.0. The molecule has 8 heteroatoms. The van der Waals surface area contributed by atoms with E-state index in [1.54, 1.807) is 21.3 Å². The number of ether oxygens (including phenoxy) is 4. The van der Waals surface area contributed by atoms with Crippen molar-refractivity contribution in [3.05, 3.63) is 81.5 Å². The zero-order valence-corrected chi connectivity index (χ0v) is 24.3. The van der Waals surface area contributed by atoms with Crippen LogP contribution in [0.5, 0.6) is 23.0 Å². The fraction of sp³-hybridized carbons (Fsp3) is 0.323. The number of hydrogen-bond acceptors (Lipinski definition) is 7. The van der Waals surface area contributed by atoms with Gasteiger partial charge in [-0.2, -0.15) is 0 Å². The summed E-state index contributed by atoms with van der Waals surface area (Å²) in [5, 5.41) is 7.22. The number of Topliss-reactive ketones (excluding diaryl/α,β-unsaturated/α-hetero) is 1. The van der Waals surface area contributed by atoms with E-state index < -0.39 is 0 Å². The van der Waals surface area contributed by atoms with Crippen LogP contribution < -0.4 is 29.6 Å². The molecular formula is C31H33BrN2O5. The van der Waals surface area contributed by atoms with Gasteiger partial charge in [0.1, 0.15) is 0 Å². The molecule has 3 aromatic rings. The highest BCUT2D eigenvalue weighted by Crippen LogP contribution is 2.47. The van der Waals surface area contributed by atoms with Crippen molar-refractivity contribution in [2.75, 3.05) is 32.0 Å². The average molecular weight is 594 g/mol. The lowest BCUT2D eigenvalue weighted by molar-refractivity contribution is -0.116. The van der Waals surface area contributed by atoms with Gasteiger partial charge in [0.2, 0.25) is 0 Å². The maximum Gasteiger partial charge on any atom is 0.174 e. The van der Waals surface area contributed by atoms with E-state index in [1.165, 1.54) is 0 Å². The predicted molar refractivity (Wildman–Crippen MR) is 156 cm³/mol. The van der Waals surface area contributed by atoms with Gasteiger partial charge in [0, 0.05) is 17.7 Å². The summed E-state index contributed by atoms with van der Waals surface area (Å²) in [5.41, 5.74) is 5.43. The van der Waals surface area contributed by atoms with E-state index >= 15 is 0 Å². The smallest absolute Gasteiger partial charge is 0.174 e. The van der Waals surface area contributed by atoms with Crippen LogP contribution in [-0.4, -0.2) is 33.2 Å². The molecule has 39 heavy (non-hydrogen) atoms. The number of halogens is 1. The quantitative estimate of drug-likeness (QED) is 0.299. The summed E-state index contributed by atoms with van der Waals surface area (Å²) in [6.07, 6.45) is 1.09. The number of ketones is 1. The van der Waals surface area contributed by atoms with Crippen molar-refractivity contribution in [1.82, 2.24) is 0 Å². The van der Waals surface area contributed by atoms with Crippen molar-refractivity contribution in [2.45, 2.75) is 44.8 Å². The second-order valence-electron chi connectivity index (χ2n) is 9.98. The third kappa shape index (κ3) is 5.30. The molecule has 0 spiro atoms. The van der Waals surface area contributed by atoms with Crippen LogP contribution in [0.15, 0.2) is 70.3 Å². The van der Waals surface area contributed by atoms with Crippen molar-refractivity contribution in [3.8, 4) is 23.0 Å². The Bertz CT molecular complexity index is 1430. The van der Waals surface area contributed by atoms with Crippen LogP contribution in [-0.2, 0) is 4.79 Å². The summed E-state index contributed by atoms with van der Waals surface area (Å²) in [6.45, 7) is 3.97. The number of allylic oxidation sites excluding steroid dienone is 1. The monoisotopic (exact) mass is 592 g/mol. The van der Waals surface area contributed by atoms with E-state index in [4.69, 9.17) is 18.9 Å². The lowest BCUT2D eigenvalue weighted by Gasteiger charge is -2.30. The Balaban J connectivity index is 1.58. The number of fused-ring (bicyclic) bond motifs is 1. The molecule has 2 aliphatic rings. The highest BCUT2D eigenvalue weighted by atomic mass is 79.9. The van der Waals surface area contributed by atoms with Gasteiger partial charge < -0.3 is 29.6 Å². The molecule has 2 unspecified atom stereocenters. The highest BCUT2D eigenvalue weighted by molar-refractivity contribution is 9.10. The van der Waals surface area contributed by atoms with Gasteiger partial charge in [0.15, 0.2) is 28.8 Å². The number of methoxy groups -OCH3 is 3. The first-order chi connectivity index (χ1) is 18.8. The van der Waals surface area contributed by atoms with Crippen LogP contribution in [0.25, 0.3) is 0 Å². The number of benzene rings is 3. The summed E-state index contributed by atoms with van der Waals surface area (Å²) >= 11 is 3.62. The van der Waals surface area contributed by atoms with Gasteiger partial charge in [-0.1, -0.05) is 18.2 Å². The molecule has 0 bridgehead atoms. The molecule has 1 aliphatic carbocycles. The zero-order valence-electron chi connectivity index (χ0n) is 22.8. The normalized spacial score (nSPS) is 18.4. The van der Waals surface area contributed by atoms with Crippen molar-refractivity contribution in [3.63, 3.8) is 0 Å². The molecule has 7 nitrogen and oxygen atoms in total. The minimum absolute atomic E-state index is 0.00574. The van der Waals surface area contributed by atoms with E-state index in [9.17, 15) is 4.79 Å². The van der Waals surface area contributed by atoms with Crippen LogP contribution in [0.1, 0.15) is 49.8 Å². The molecule has 3 aromatic carbocycles. The van der Waals surface area contributed by atoms with Crippen LogP contribution in [0, 0.1) is 0 Å². The van der Waals surface area contributed by atoms with Gasteiger partial charge in [-0.05, 0) is 89.6 Å². The topological polar surface area (TPSA) is 78.1 Å². The first kappa shape index (κ1) is 26.9. The number of para-hydroxylation sites is 2. The molecule has 0 saturated carbocycles. The molecule has 0 saturated heterocycles. The first-order valence-corrected chi connectivity index (χ1v) is 13.8. The molecule has 0 aromatic heterocycles. The maximum absolute atomic E-state index is 14.0. The van der Waals surface area contributed by atoms with E-state index in [0.717, 1.165) is 38.2 Å².